The van der Waals surface area contributed by atoms with Crippen LogP contribution in [-0.4, -0.2) is 12.0 Å². The molecule has 1 heterocycles. The number of halogens is 2. The van der Waals surface area contributed by atoms with Gasteiger partial charge in [0.2, 0.25) is 0 Å². The molecule has 0 saturated heterocycles. The number of hydrogen-bond donors (Lipinski definition) is 1. The van der Waals surface area contributed by atoms with Gasteiger partial charge in [-0.15, -0.1) is 0 Å². The van der Waals surface area contributed by atoms with Crippen LogP contribution in [0.1, 0.15) is 0 Å². The molecule has 2 aromatic rings. The molecule has 3 nitrogen and oxygen atoms in total. The van der Waals surface area contributed by atoms with Crippen molar-refractivity contribution < 1.29 is 8.81 Å². The maximum absolute atomic E-state index is 12.9. The maximum Gasteiger partial charge on any atom is 0.294 e. The zero-order valence-electron chi connectivity index (χ0n) is 7.92. The summed E-state index contributed by atoms with van der Waals surface area (Å²) in [5, 5.41) is 2.83. The third-order valence-electron chi connectivity index (χ3n) is 1.93. The first-order valence-corrected chi connectivity index (χ1v) is 4.67. The van der Waals surface area contributed by atoms with Crippen molar-refractivity contribution in [2.24, 2.45) is 0 Å². The van der Waals surface area contributed by atoms with Gasteiger partial charge in [-0.1, -0.05) is 11.6 Å². The van der Waals surface area contributed by atoms with E-state index < -0.39 is 5.82 Å². The van der Waals surface area contributed by atoms with Crippen LogP contribution in [0.5, 0.6) is 0 Å². The van der Waals surface area contributed by atoms with Crippen molar-refractivity contribution in [1.29, 1.82) is 0 Å². The molecule has 1 aromatic carbocycles. The Bertz CT molecular complexity index is 484. The van der Waals surface area contributed by atoms with Gasteiger partial charge in [-0.05, 0) is 18.2 Å². The fraction of sp³-hybridized carbons (Fsp3) is 0.100. The van der Waals surface area contributed by atoms with Crippen molar-refractivity contribution in [3.63, 3.8) is 0 Å². The van der Waals surface area contributed by atoms with Crippen molar-refractivity contribution in [3.8, 4) is 11.3 Å². The lowest BCUT2D eigenvalue weighted by molar-refractivity contribution is 0.576. The van der Waals surface area contributed by atoms with Crippen LogP contribution in [0.4, 0.5) is 10.4 Å². The third-order valence-corrected chi connectivity index (χ3v) is 2.22. The highest BCUT2D eigenvalue weighted by atomic mass is 35.5. The standard InChI is InChI=1S/C10H8ClFN2O/c1-13-10-14-9(5-15-10)6-2-3-8(12)7(11)4-6/h2-5H,1H3,(H,13,14). The summed E-state index contributed by atoms with van der Waals surface area (Å²) >= 11 is 5.66. The summed E-state index contributed by atoms with van der Waals surface area (Å²) in [5.41, 5.74) is 1.33. The van der Waals surface area contributed by atoms with Crippen LogP contribution >= 0.6 is 11.6 Å². The van der Waals surface area contributed by atoms with E-state index in [1.165, 1.54) is 18.4 Å². The van der Waals surface area contributed by atoms with E-state index in [1.54, 1.807) is 13.1 Å². The molecule has 0 unspecified atom stereocenters. The average Bonchev–Trinajstić information content (AvgIpc) is 2.70. The van der Waals surface area contributed by atoms with Crippen molar-refractivity contribution in [2.75, 3.05) is 12.4 Å². The Morgan fingerprint density at radius 3 is 2.87 bits per heavy atom. The van der Waals surface area contributed by atoms with Crippen molar-refractivity contribution >= 4 is 17.6 Å². The first kappa shape index (κ1) is 9.98. The van der Waals surface area contributed by atoms with Gasteiger partial charge in [-0.3, -0.25) is 0 Å². The predicted octanol–water partition coefficient (Wildman–Crippen LogP) is 3.18. The number of rotatable bonds is 2. The molecule has 5 heteroatoms. The largest absolute Gasteiger partial charge is 0.432 e. The molecular weight excluding hydrogens is 219 g/mol. The molecule has 2 rings (SSSR count). The number of nitrogens with one attached hydrogen (secondary N) is 1. The molecule has 0 radical (unpaired) electrons. The van der Waals surface area contributed by atoms with E-state index >= 15 is 0 Å². The lowest BCUT2D eigenvalue weighted by Gasteiger charge is -1.97. The Kier molecular flexibility index (Phi) is 2.60. The van der Waals surface area contributed by atoms with E-state index in [0.717, 1.165) is 0 Å². The highest BCUT2D eigenvalue weighted by molar-refractivity contribution is 6.31. The Morgan fingerprint density at radius 2 is 2.27 bits per heavy atom. The fourth-order valence-electron chi connectivity index (χ4n) is 1.18. The number of hydrogen-bond acceptors (Lipinski definition) is 3. The van der Waals surface area contributed by atoms with Gasteiger partial charge in [0.25, 0.3) is 6.01 Å². The van der Waals surface area contributed by atoms with Crippen LogP contribution in [0.15, 0.2) is 28.9 Å². The third kappa shape index (κ3) is 1.94. The van der Waals surface area contributed by atoms with Gasteiger partial charge in [0.05, 0.1) is 5.02 Å². The fourth-order valence-corrected chi connectivity index (χ4v) is 1.36. The van der Waals surface area contributed by atoms with Gasteiger partial charge in [-0.2, -0.15) is 4.98 Å². The van der Waals surface area contributed by atoms with Gasteiger partial charge in [0, 0.05) is 12.6 Å². The lowest BCUT2D eigenvalue weighted by Crippen LogP contribution is -1.87. The molecule has 0 aliphatic carbocycles. The molecular formula is C10H8ClFN2O. The number of aromatic nitrogens is 1. The second-order valence-electron chi connectivity index (χ2n) is 2.92. The molecule has 1 aromatic heterocycles. The minimum absolute atomic E-state index is 0.0708. The molecule has 0 aliphatic rings. The summed E-state index contributed by atoms with van der Waals surface area (Å²) in [6.07, 6.45) is 1.48. The summed E-state index contributed by atoms with van der Waals surface area (Å²) in [5.74, 6) is -0.447. The summed E-state index contributed by atoms with van der Waals surface area (Å²) < 4.78 is 18.0. The molecule has 78 valence electrons. The van der Waals surface area contributed by atoms with Crippen LogP contribution < -0.4 is 5.32 Å². The van der Waals surface area contributed by atoms with Gasteiger partial charge in [-0.25, -0.2) is 4.39 Å². The summed E-state index contributed by atoms with van der Waals surface area (Å²) in [7, 11) is 1.70. The first-order chi connectivity index (χ1) is 7.20. The molecule has 1 N–H and O–H groups in total. The maximum atomic E-state index is 12.9. The minimum Gasteiger partial charge on any atom is -0.432 e. The second-order valence-corrected chi connectivity index (χ2v) is 3.32. The van der Waals surface area contributed by atoms with Crippen LogP contribution in [0.2, 0.25) is 5.02 Å². The van der Waals surface area contributed by atoms with E-state index in [1.807, 2.05) is 0 Å². The average molecular weight is 227 g/mol. The summed E-state index contributed by atoms with van der Waals surface area (Å²) in [4.78, 5) is 4.11. The molecule has 0 saturated carbocycles. The highest BCUT2D eigenvalue weighted by Gasteiger charge is 2.07. The predicted molar refractivity (Wildman–Crippen MR) is 56.5 cm³/mol. The van der Waals surface area contributed by atoms with Crippen LogP contribution in [0, 0.1) is 5.82 Å². The zero-order chi connectivity index (χ0) is 10.8. The lowest BCUT2D eigenvalue weighted by atomic mass is 10.2. The normalized spacial score (nSPS) is 10.3. The molecule has 0 fully saturated rings. The van der Waals surface area contributed by atoms with Gasteiger partial charge >= 0.3 is 0 Å². The van der Waals surface area contributed by atoms with Crippen LogP contribution in [0.25, 0.3) is 11.3 Å². The minimum atomic E-state index is -0.447. The summed E-state index contributed by atoms with van der Waals surface area (Å²) in [6, 6.07) is 4.81. The molecule has 0 amide bonds. The number of nitrogens with zero attached hydrogens (tertiary/aromatic N) is 1. The SMILES string of the molecule is CNc1nc(-c2ccc(F)c(Cl)c2)co1. The Hall–Kier alpha value is -1.55. The quantitative estimate of drug-likeness (QED) is 0.855. The highest BCUT2D eigenvalue weighted by Crippen LogP contribution is 2.25. The second kappa shape index (κ2) is 3.90. The summed E-state index contributed by atoms with van der Waals surface area (Å²) in [6.45, 7) is 0. The van der Waals surface area contributed by atoms with Gasteiger partial charge < -0.3 is 9.73 Å². The smallest absolute Gasteiger partial charge is 0.294 e. The molecule has 0 atom stereocenters. The molecule has 0 aliphatic heterocycles. The number of benzene rings is 1. The Labute approximate surface area is 90.9 Å². The Morgan fingerprint density at radius 1 is 1.47 bits per heavy atom. The molecule has 15 heavy (non-hydrogen) atoms. The monoisotopic (exact) mass is 226 g/mol. The van der Waals surface area contributed by atoms with E-state index in [9.17, 15) is 4.39 Å². The van der Waals surface area contributed by atoms with Crippen molar-refractivity contribution in [1.82, 2.24) is 4.98 Å². The number of anilines is 1. The van der Waals surface area contributed by atoms with Crippen molar-refractivity contribution in [2.45, 2.75) is 0 Å². The first-order valence-electron chi connectivity index (χ1n) is 4.29. The Balaban J connectivity index is 2.40. The van der Waals surface area contributed by atoms with Gasteiger partial charge in [0.1, 0.15) is 17.8 Å². The molecule has 0 spiro atoms. The van der Waals surface area contributed by atoms with Gasteiger partial charge in [0.15, 0.2) is 0 Å². The topological polar surface area (TPSA) is 38.1 Å². The van der Waals surface area contributed by atoms with E-state index in [4.69, 9.17) is 16.0 Å². The van der Waals surface area contributed by atoms with E-state index in [-0.39, 0.29) is 5.02 Å². The van der Waals surface area contributed by atoms with E-state index in [2.05, 4.69) is 10.3 Å². The van der Waals surface area contributed by atoms with E-state index in [0.29, 0.717) is 17.3 Å². The van der Waals surface area contributed by atoms with Crippen LogP contribution in [-0.2, 0) is 0 Å². The zero-order valence-corrected chi connectivity index (χ0v) is 8.68. The molecule has 0 bridgehead atoms. The van der Waals surface area contributed by atoms with Crippen molar-refractivity contribution in [3.05, 3.63) is 35.3 Å². The van der Waals surface area contributed by atoms with Crippen LogP contribution in [0.3, 0.4) is 0 Å². The number of oxazole rings is 1.